The number of nitrogens with one attached hydrogen (secondary N) is 1. The minimum Gasteiger partial charge on any atom is -0.346 e. The van der Waals surface area contributed by atoms with Crippen LogP contribution in [0.15, 0.2) is 53.4 Å². The third kappa shape index (κ3) is 3.92. The van der Waals surface area contributed by atoms with E-state index in [2.05, 4.69) is 5.32 Å². The van der Waals surface area contributed by atoms with E-state index in [1.54, 1.807) is 19.1 Å². The summed E-state index contributed by atoms with van der Waals surface area (Å²) in [6.07, 6.45) is 1.14. The lowest BCUT2D eigenvalue weighted by Crippen LogP contribution is -2.26. The third-order valence-corrected chi connectivity index (χ3v) is 4.37. The van der Waals surface area contributed by atoms with Gasteiger partial charge in [-0.25, -0.2) is 12.8 Å². The lowest BCUT2D eigenvalue weighted by Gasteiger charge is -2.15. The molecule has 0 bridgehead atoms. The molecule has 0 saturated heterocycles. The molecule has 1 amide bonds. The van der Waals surface area contributed by atoms with Gasteiger partial charge in [0.1, 0.15) is 5.82 Å². The summed E-state index contributed by atoms with van der Waals surface area (Å²) in [4.78, 5) is 12.3. The molecule has 0 aromatic heterocycles. The molecule has 0 aliphatic heterocycles. The number of carbonyl (C=O) groups excluding carboxylic acids is 1. The first kappa shape index (κ1) is 16.2. The molecule has 2 aromatic carbocycles. The van der Waals surface area contributed by atoms with Crippen LogP contribution in [0.2, 0.25) is 0 Å². The molecule has 1 atom stereocenters. The fraction of sp³-hybridized carbons (Fsp3) is 0.188. The summed E-state index contributed by atoms with van der Waals surface area (Å²) >= 11 is 0. The predicted octanol–water partition coefficient (Wildman–Crippen LogP) is 2.72. The number of sulfone groups is 1. The lowest BCUT2D eigenvalue weighted by atomic mass is 10.1. The van der Waals surface area contributed by atoms with E-state index in [9.17, 15) is 17.6 Å². The summed E-state index contributed by atoms with van der Waals surface area (Å²) in [6, 6.07) is 11.4. The maximum absolute atomic E-state index is 13.1. The maximum Gasteiger partial charge on any atom is 0.251 e. The van der Waals surface area contributed by atoms with Gasteiger partial charge in [-0.1, -0.05) is 18.2 Å². The number of benzene rings is 2. The zero-order valence-corrected chi connectivity index (χ0v) is 13.0. The zero-order chi connectivity index (χ0) is 16.3. The summed E-state index contributed by atoms with van der Waals surface area (Å²) in [5, 5.41) is 2.74. The van der Waals surface area contributed by atoms with Crippen molar-refractivity contribution < 1.29 is 17.6 Å². The average Bonchev–Trinajstić information content (AvgIpc) is 2.46. The SMILES string of the molecule is C[C@@H](NC(=O)c1cccc(F)c1)c1ccc(S(C)(=O)=O)cc1. The molecule has 0 aliphatic rings. The molecule has 0 aliphatic carbocycles. The van der Waals surface area contributed by atoms with Crippen molar-refractivity contribution in [3.63, 3.8) is 0 Å². The van der Waals surface area contributed by atoms with Gasteiger partial charge in [-0.3, -0.25) is 4.79 Å². The molecule has 0 fully saturated rings. The fourth-order valence-electron chi connectivity index (χ4n) is 2.00. The molecule has 1 N–H and O–H groups in total. The smallest absolute Gasteiger partial charge is 0.251 e. The molecule has 2 rings (SSSR count). The van der Waals surface area contributed by atoms with Crippen LogP contribution in [0.3, 0.4) is 0 Å². The van der Waals surface area contributed by atoms with E-state index in [0.29, 0.717) is 0 Å². The molecule has 2 aromatic rings. The second-order valence-electron chi connectivity index (χ2n) is 5.05. The second-order valence-corrected chi connectivity index (χ2v) is 7.06. The highest BCUT2D eigenvalue weighted by molar-refractivity contribution is 7.90. The first-order valence-electron chi connectivity index (χ1n) is 6.64. The fourth-order valence-corrected chi connectivity index (χ4v) is 2.63. The van der Waals surface area contributed by atoms with E-state index in [0.717, 1.165) is 17.9 Å². The van der Waals surface area contributed by atoms with Gasteiger partial charge in [-0.2, -0.15) is 0 Å². The van der Waals surface area contributed by atoms with Gasteiger partial charge < -0.3 is 5.32 Å². The van der Waals surface area contributed by atoms with Crippen molar-refractivity contribution >= 4 is 15.7 Å². The molecule has 0 saturated carbocycles. The van der Waals surface area contributed by atoms with E-state index in [-0.39, 0.29) is 22.4 Å². The highest BCUT2D eigenvalue weighted by atomic mass is 32.2. The lowest BCUT2D eigenvalue weighted by molar-refractivity contribution is 0.0939. The van der Waals surface area contributed by atoms with Crippen molar-refractivity contribution in [1.29, 1.82) is 0 Å². The number of halogens is 1. The van der Waals surface area contributed by atoms with E-state index < -0.39 is 15.7 Å². The van der Waals surface area contributed by atoms with Crippen molar-refractivity contribution in [3.8, 4) is 0 Å². The van der Waals surface area contributed by atoms with Gasteiger partial charge in [-0.05, 0) is 42.8 Å². The first-order chi connectivity index (χ1) is 10.3. The Labute approximate surface area is 128 Å². The highest BCUT2D eigenvalue weighted by Gasteiger charge is 2.13. The Morgan fingerprint density at radius 2 is 1.77 bits per heavy atom. The number of rotatable bonds is 4. The van der Waals surface area contributed by atoms with Crippen LogP contribution >= 0.6 is 0 Å². The normalized spacial score (nSPS) is 12.7. The van der Waals surface area contributed by atoms with Crippen LogP contribution < -0.4 is 5.32 Å². The summed E-state index contributed by atoms with van der Waals surface area (Å²) < 4.78 is 35.9. The number of amides is 1. The Kier molecular flexibility index (Phi) is 4.61. The quantitative estimate of drug-likeness (QED) is 0.942. The number of hydrogen-bond donors (Lipinski definition) is 1. The van der Waals surface area contributed by atoms with Crippen molar-refractivity contribution in [2.24, 2.45) is 0 Å². The molecule has 6 heteroatoms. The molecule has 4 nitrogen and oxygen atoms in total. The third-order valence-electron chi connectivity index (χ3n) is 3.24. The number of hydrogen-bond acceptors (Lipinski definition) is 3. The van der Waals surface area contributed by atoms with Gasteiger partial charge in [0, 0.05) is 11.8 Å². The predicted molar refractivity (Wildman–Crippen MR) is 81.8 cm³/mol. The zero-order valence-electron chi connectivity index (χ0n) is 12.2. The Bertz CT molecular complexity index is 785. The van der Waals surface area contributed by atoms with Crippen molar-refractivity contribution in [1.82, 2.24) is 5.32 Å². The van der Waals surface area contributed by atoms with Gasteiger partial charge >= 0.3 is 0 Å². The molecule has 0 spiro atoms. The Morgan fingerprint density at radius 1 is 1.14 bits per heavy atom. The topological polar surface area (TPSA) is 63.2 Å². The average molecular weight is 321 g/mol. The first-order valence-corrected chi connectivity index (χ1v) is 8.53. The summed E-state index contributed by atoms with van der Waals surface area (Å²) in [7, 11) is -3.25. The molecule has 0 radical (unpaired) electrons. The molecular weight excluding hydrogens is 305 g/mol. The van der Waals surface area contributed by atoms with Crippen LogP contribution in [0.4, 0.5) is 4.39 Å². The van der Waals surface area contributed by atoms with Crippen molar-refractivity contribution in [2.75, 3.05) is 6.26 Å². The van der Waals surface area contributed by atoms with Crippen molar-refractivity contribution in [3.05, 3.63) is 65.5 Å². The summed E-state index contributed by atoms with van der Waals surface area (Å²) in [6.45, 7) is 1.77. The summed E-state index contributed by atoms with van der Waals surface area (Å²) in [5.41, 5.74) is 0.997. The Morgan fingerprint density at radius 3 is 2.32 bits per heavy atom. The van der Waals surface area contributed by atoms with Crippen LogP contribution in [0, 0.1) is 5.82 Å². The van der Waals surface area contributed by atoms with Crippen LogP contribution in [0.5, 0.6) is 0 Å². The van der Waals surface area contributed by atoms with Crippen molar-refractivity contribution in [2.45, 2.75) is 17.9 Å². The number of carbonyl (C=O) groups is 1. The molecule has 0 unspecified atom stereocenters. The van der Waals surface area contributed by atoms with E-state index in [1.165, 1.54) is 30.3 Å². The van der Waals surface area contributed by atoms with Crippen LogP contribution in [0.25, 0.3) is 0 Å². The Hall–Kier alpha value is -2.21. The van der Waals surface area contributed by atoms with Crippen LogP contribution in [0.1, 0.15) is 28.9 Å². The minimum absolute atomic E-state index is 0.222. The molecule has 116 valence electrons. The van der Waals surface area contributed by atoms with Crippen LogP contribution in [-0.2, 0) is 9.84 Å². The Balaban J connectivity index is 2.12. The summed E-state index contributed by atoms with van der Waals surface area (Å²) in [5.74, 6) is -0.864. The monoisotopic (exact) mass is 321 g/mol. The van der Waals surface area contributed by atoms with Gasteiger partial charge in [0.15, 0.2) is 9.84 Å². The van der Waals surface area contributed by atoms with Crippen LogP contribution in [-0.4, -0.2) is 20.6 Å². The highest BCUT2D eigenvalue weighted by Crippen LogP contribution is 2.17. The van der Waals surface area contributed by atoms with E-state index >= 15 is 0 Å². The van der Waals surface area contributed by atoms with E-state index in [4.69, 9.17) is 0 Å². The van der Waals surface area contributed by atoms with E-state index in [1.807, 2.05) is 0 Å². The van der Waals surface area contributed by atoms with Gasteiger partial charge in [0.2, 0.25) is 0 Å². The second kappa shape index (κ2) is 6.27. The molecule has 0 heterocycles. The standard InChI is InChI=1S/C16H16FNO3S/c1-11(12-6-8-15(9-7-12)22(2,20)21)18-16(19)13-4-3-5-14(17)10-13/h3-11H,1-2H3,(H,18,19)/t11-/m1/s1. The largest absolute Gasteiger partial charge is 0.346 e. The maximum atomic E-state index is 13.1. The molecular formula is C16H16FNO3S. The minimum atomic E-state index is -3.25. The molecule has 22 heavy (non-hydrogen) atoms. The van der Waals surface area contributed by atoms with Gasteiger partial charge in [0.25, 0.3) is 5.91 Å². The van der Waals surface area contributed by atoms with Gasteiger partial charge in [0.05, 0.1) is 10.9 Å². The van der Waals surface area contributed by atoms with Gasteiger partial charge in [-0.15, -0.1) is 0 Å².